The van der Waals surface area contributed by atoms with Crippen molar-refractivity contribution in [3.63, 3.8) is 0 Å². The average molecular weight is 321 g/mol. The maximum atomic E-state index is 13.6. The zero-order chi connectivity index (χ0) is 16.7. The van der Waals surface area contributed by atoms with Crippen molar-refractivity contribution in [2.24, 2.45) is 0 Å². The molecule has 0 bridgehead atoms. The molecule has 2 aromatic heterocycles. The first-order valence-corrected chi connectivity index (χ1v) is 7.41. The molecule has 0 saturated carbocycles. The van der Waals surface area contributed by atoms with E-state index in [0.29, 0.717) is 11.4 Å². The van der Waals surface area contributed by atoms with Crippen LogP contribution in [0.1, 0.15) is 0 Å². The van der Waals surface area contributed by atoms with Crippen LogP contribution in [0, 0.1) is 11.6 Å². The molecule has 24 heavy (non-hydrogen) atoms. The summed E-state index contributed by atoms with van der Waals surface area (Å²) in [7, 11) is 0. The Morgan fingerprint density at radius 2 is 1.38 bits per heavy atom. The number of aromatic nitrogens is 2. The number of nitrogens with two attached hydrogens (primary N) is 1. The average Bonchev–Trinajstić information content (AvgIpc) is 2.94. The first-order valence-electron chi connectivity index (χ1n) is 7.41. The first kappa shape index (κ1) is 14.4. The van der Waals surface area contributed by atoms with Crippen LogP contribution < -0.4 is 5.73 Å². The van der Waals surface area contributed by atoms with Crippen molar-refractivity contribution in [2.45, 2.75) is 0 Å². The molecule has 0 amide bonds. The van der Waals surface area contributed by atoms with Crippen molar-refractivity contribution in [2.75, 3.05) is 5.73 Å². The van der Waals surface area contributed by atoms with Gasteiger partial charge in [0.25, 0.3) is 0 Å². The molecule has 0 spiro atoms. The lowest BCUT2D eigenvalue weighted by Crippen LogP contribution is -1.88. The van der Waals surface area contributed by atoms with E-state index in [4.69, 9.17) is 5.73 Å². The molecule has 0 saturated heterocycles. The number of halogens is 2. The normalized spacial score (nSPS) is 11.1. The van der Waals surface area contributed by atoms with Gasteiger partial charge in [-0.2, -0.15) is 5.10 Å². The van der Waals surface area contributed by atoms with Gasteiger partial charge in [0.2, 0.25) is 0 Å². The summed E-state index contributed by atoms with van der Waals surface area (Å²) < 4.78 is 28.3. The maximum absolute atomic E-state index is 13.6. The number of nitrogen functional groups attached to an aromatic ring is 1. The van der Waals surface area contributed by atoms with E-state index in [-0.39, 0.29) is 11.6 Å². The number of rotatable bonds is 2. The van der Waals surface area contributed by atoms with E-state index in [9.17, 15) is 8.78 Å². The molecule has 0 aliphatic carbocycles. The summed E-state index contributed by atoms with van der Waals surface area (Å²) in [5.74, 6) is -0.692. The second-order valence-electron chi connectivity index (χ2n) is 5.53. The van der Waals surface area contributed by atoms with Gasteiger partial charge in [0.05, 0.1) is 11.7 Å². The van der Waals surface area contributed by atoms with Gasteiger partial charge in [0.15, 0.2) is 0 Å². The molecule has 0 unspecified atom stereocenters. The van der Waals surface area contributed by atoms with Crippen molar-refractivity contribution in [1.29, 1.82) is 0 Å². The topological polar surface area (TPSA) is 43.3 Å². The van der Waals surface area contributed by atoms with Crippen LogP contribution in [0.3, 0.4) is 0 Å². The molecule has 118 valence electrons. The SMILES string of the molecule is Nc1ccc(-c2c(-c3ccc(F)cc3)nn3cc(F)ccc23)cc1. The molecule has 0 aliphatic heterocycles. The van der Waals surface area contributed by atoms with Gasteiger partial charge in [0, 0.05) is 16.8 Å². The largest absolute Gasteiger partial charge is 0.399 e. The van der Waals surface area contributed by atoms with Gasteiger partial charge in [-0.15, -0.1) is 0 Å². The maximum Gasteiger partial charge on any atom is 0.141 e. The van der Waals surface area contributed by atoms with Crippen LogP contribution in [0.4, 0.5) is 14.5 Å². The van der Waals surface area contributed by atoms with Gasteiger partial charge in [-0.3, -0.25) is 0 Å². The molecular weight excluding hydrogens is 308 g/mol. The van der Waals surface area contributed by atoms with Crippen LogP contribution in [0.5, 0.6) is 0 Å². The van der Waals surface area contributed by atoms with Gasteiger partial charge in [0.1, 0.15) is 17.3 Å². The minimum absolute atomic E-state index is 0.317. The van der Waals surface area contributed by atoms with Crippen molar-refractivity contribution >= 4 is 11.2 Å². The Balaban J connectivity index is 2.02. The van der Waals surface area contributed by atoms with Crippen LogP contribution >= 0.6 is 0 Å². The predicted molar refractivity (Wildman–Crippen MR) is 90.4 cm³/mol. The Kier molecular flexibility index (Phi) is 3.27. The lowest BCUT2D eigenvalue weighted by Gasteiger charge is -2.05. The fourth-order valence-corrected chi connectivity index (χ4v) is 2.77. The Hall–Kier alpha value is -3.21. The van der Waals surface area contributed by atoms with Gasteiger partial charge in [-0.05, 0) is 54.1 Å². The molecule has 0 aliphatic rings. The van der Waals surface area contributed by atoms with Gasteiger partial charge in [-0.1, -0.05) is 12.1 Å². The standard InChI is InChI=1S/C19H13F2N3/c20-14-5-1-13(2-6-14)19-18(12-3-8-16(22)9-4-12)17-10-7-15(21)11-24(17)23-19/h1-11H,22H2. The molecule has 2 aromatic carbocycles. The van der Waals surface area contributed by atoms with Crippen molar-refractivity contribution in [3.8, 4) is 22.4 Å². The zero-order valence-corrected chi connectivity index (χ0v) is 12.6. The van der Waals surface area contributed by atoms with Crippen molar-refractivity contribution in [1.82, 2.24) is 9.61 Å². The smallest absolute Gasteiger partial charge is 0.141 e. The second-order valence-corrected chi connectivity index (χ2v) is 5.53. The van der Waals surface area contributed by atoms with E-state index in [1.807, 2.05) is 12.1 Å². The van der Waals surface area contributed by atoms with E-state index in [1.54, 1.807) is 30.3 Å². The molecule has 4 aromatic rings. The van der Waals surface area contributed by atoms with Crippen molar-refractivity contribution < 1.29 is 8.78 Å². The number of fused-ring (bicyclic) bond motifs is 1. The van der Waals surface area contributed by atoms with Gasteiger partial charge in [-0.25, -0.2) is 13.3 Å². The summed E-state index contributed by atoms with van der Waals surface area (Å²) in [5.41, 5.74) is 10.4. The highest BCUT2D eigenvalue weighted by Crippen LogP contribution is 2.35. The number of hydrogen-bond acceptors (Lipinski definition) is 2. The molecule has 4 rings (SSSR count). The molecule has 0 atom stereocenters. The quantitative estimate of drug-likeness (QED) is 0.551. The Morgan fingerprint density at radius 1 is 0.750 bits per heavy atom. The highest BCUT2D eigenvalue weighted by atomic mass is 19.1. The summed E-state index contributed by atoms with van der Waals surface area (Å²) in [6.07, 6.45) is 1.32. The Morgan fingerprint density at radius 3 is 2.08 bits per heavy atom. The third-order valence-corrected chi connectivity index (χ3v) is 3.91. The predicted octanol–water partition coefficient (Wildman–Crippen LogP) is 4.53. The van der Waals surface area contributed by atoms with Crippen LogP contribution in [0.2, 0.25) is 0 Å². The lowest BCUT2D eigenvalue weighted by atomic mass is 9.99. The van der Waals surface area contributed by atoms with E-state index in [0.717, 1.165) is 22.2 Å². The van der Waals surface area contributed by atoms with Crippen LogP contribution in [0.15, 0.2) is 66.9 Å². The Bertz CT molecular complexity index is 1020. The number of nitrogens with zero attached hydrogens (tertiary/aromatic N) is 2. The van der Waals surface area contributed by atoms with Crippen LogP contribution in [-0.2, 0) is 0 Å². The minimum atomic E-state index is -0.375. The Labute approximate surface area is 137 Å². The number of pyridine rings is 1. The minimum Gasteiger partial charge on any atom is -0.399 e. The van der Waals surface area contributed by atoms with E-state index >= 15 is 0 Å². The highest BCUT2D eigenvalue weighted by molar-refractivity contribution is 5.92. The van der Waals surface area contributed by atoms with E-state index in [2.05, 4.69) is 5.10 Å². The monoisotopic (exact) mass is 321 g/mol. The zero-order valence-electron chi connectivity index (χ0n) is 12.6. The summed E-state index contributed by atoms with van der Waals surface area (Å²) >= 11 is 0. The van der Waals surface area contributed by atoms with Crippen LogP contribution in [0.25, 0.3) is 27.9 Å². The van der Waals surface area contributed by atoms with E-state index in [1.165, 1.54) is 28.9 Å². The number of hydrogen-bond donors (Lipinski definition) is 1. The summed E-state index contributed by atoms with van der Waals surface area (Å²) in [4.78, 5) is 0. The van der Waals surface area contributed by atoms with E-state index < -0.39 is 0 Å². The second kappa shape index (κ2) is 5.45. The molecule has 3 nitrogen and oxygen atoms in total. The molecule has 2 heterocycles. The molecule has 0 radical (unpaired) electrons. The summed E-state index contributed by atoms with van der Waals surface area (Å²) in [6.45, 7) is 0. The first-order chi connectivity index (χ1) is 11.6. The number of benzene rings is 2. The summed E-state index contributed by atoms with van der Waals surface area (Å²) in [5, 5.41) is 4.50. The molecule has 5 heteroatoms. The fraction of sp³-hybridized carbons (Fsp3) is 0. The molecular formula is C19H13F2N3. The summed E-state index contributed by atoms with van der Waals surface area (Å²) in [6, 6.07) is 16.5. The highest BCUT2D eigenvalue weighted by Gasteiger charge is 2.16. The lowest BCUT2D eigenvalue weighted by molar-refractivity contribution is 0.615. The van der Waals surface area contributed by atoms with Crippen LogP contribution in [-0.4, -0.2) is 9.61 Å². The fourth-order valence-electron chi connectivity index (χ4n) is 2.77. The number of anilines is 1. The van der Waals surface area contributed by atoms with Gasteiger partial charge < -0.3 is 5.73 Å². The van der Waals surface area contributed by atoms with Crippen molar-refractivity contribution in [3.05, 3.63) is 78.5 Å². The molecule has 2 N–H and O–H groups in total. The third-order valence-electron chi connectivity index (χ3n) is 3.91. The molecule has 0 fully saturated rings. The third kappa shape index (κ3) is 2.40. The van der Waals surface area contributed by atoms with Gasteiger partial charge >= 0.3 is 0 Å².